The fraction of sp³-hybridized carbons (Fsp3) is 0.312. The molecule has 0 aliphatic rings. The number of benzene rings is 1. The number of pyridine rings is 1. The highest BCUT2D eigenvalue weighted by Crippen LogP contribution is 2.11. The lowest BCUT2D eigenvalue weighted by molar-refractivity contribution is 0.474. The van der Waals surface area contributed by atoms with E-state index in [1.165, 1.54) is 11.1 Å². The molecule has 100 valence electrons. The quantitative estimate of drug-likeness (QED) is 0.835. The zero-order valence-corrected chi connectivity index (χ0v) is 11.2. The van der Waals surface area contributed by atoms with Crippen molar-refractivity contribution in [3.05, 3.63) is 59.9 Å². The second kappa shape index (κ2) is 6.90. The Hall–Kier alpha value is -1.87. The Morgan fingerprint density at radius 3 is 2.42 bits per heavy atom. The summed E-state index contributed by atoms with van der Waals surface area (Å²) in [6.45, 7) is 3.14. The molecule has 0 fully saturated rings. The van der Waals surface area contributed by atoms with E-state index in [9.17, 15) is 5.11 Å². The fourth-order valence-electron chi connectivity index (χ4n) is 2.07. The number of hydrogen-bond donors (Lipinski definition) is 2. The van der Waals surface area contributed by atoms with Crippen LogP contribution in [-0.2, 0) is 12.8 Å². The number of phenols is 1. The van der Waals surface area contributed by atoms with E-state index in [-0.39, 0.29) is 0 Å². The van der Waals surface area contributed by atoms with Gasteiger partial charge in [-0.05, 0) is 61.7 Å². The Balaban J connectivity index is 1.73. The molecule has 3 nitrogen and oxygen atoms in total. The van der Waals surface area contributed by atoms with Crippen LogP contribution in [-0.4, -0.2) is 22.7 Å². The summed E-state index contributed by atoms with van der Waals surface area (Å²) in [7, 11) is 0. The van der Waals surface area contributed by atoms with Gasteiger partial charge >= 0.3 is 0 Å². The lowest BCUT2D eigenvalue weighted by Crippen LogP contribution is -2.29. The highest BCUT2D eigenvalue weighted by molar-refractivity contribution is 5.26. The number of phenolic OH excluding ortho intramolecular Hbond substituents is 1. The molecule has 1 atom stereocenters. The van der Waals surface area contributed by atoms with Gasteiger partial charge in [0.05, 0.1) is 0 Å². The van der Waals surface area contributed by atoms with Crippen molar-refractivity contribution >= 4 is 0 Å². The molecular formula is C16H20N2O. The van der Waals surface area contributed by atoms with Gasteiger partial charge in [-0.2, -0.15) is 0 Å². The van der Waals surface area contributed by atoms with Crippen LogP contribution < -0.4 is 5.32 Å². The van der Waals surface area contributed by atoms with E-state index < -0.39 is 0 Å². The molecule has 0 aliphatic heterocycles. The van der Waals surface area contributed by atoms with Gasteiger partial charge in [-0.1, -0.05) is 12.1 Å². The van der Waals surface area contributed by atoms with Gasteiger partial charge in [-0.25, -0.2) is 0 Å². The number of hydrogen-bond acceptors (Lipinski definition) is 3. The van der Waals surface area contributed by atoms with Crippen molar-refractivity contribution in [2.24, 2.45) is 0 Å². The molecule has 0 spiro atoms. The molecule has 0 amide bonds. The second-order valence-corrected chi connectivity index (χ2v) is 4.83. The summed E-state index contributed by atoms with van der Waals surface area (Å²) in [5, 5.41) is 12.7. The second-order valence-electron chi connectivity index (χ2n) is 4.83. The van der Waals surface area contributed by atoms with Crippen LogP contribution in [0.15, 0.2) is 48.8 Å². The van der Waals surface area contributed by atoms with Crippen LogP contribution in [0.5, 0.6) is 5.75 Å². The van der Waals surface area contributed by atoms with Crippen molar-refractivity contribution in [3.63, 3.8) is 0 Å². The Bertz CT molecular complexity index is 482. The fourth-order valence-corrected chi connectivity index (χ4v) is 2.07. The van der Waals surface area contributed by atoms with Gasteiger partial charge in [0.2, 0.25) is 0 Å². The summed E-state index contributed by atoms with van der Waals surface area (Å²) >= 11 is 0. The summed E-state index contributed by atoms with van der Waals surface area (Å²) in [4.78, 5) is 4.01. The molecule has 3 heteroatoms. The van der Waals surface area contributed by atoms with E-state index in [2.05, 4.69) is 17.2 Å². The van der Waals surface area contributed by atoms with E-state index in [1.54, 1.807) is 12.1 Å². The maximum Gasteiger partial charge on any atom is 0.115 e. The monoisotopic (exact) mass is 256 g/mol. The zero-order chi connectivity index (χ0) is 13.5. The first-order chi connectivity index (χ1) is 9.24. The maximum atomic E-state index is 9.24. The lowest BCUT2D eigenvalue weighted by Gasteiger charge is -2.14. The molecule has 2 aromatic rings. The third kappa shape index (κ3) is 4.72. The zero-order valence-electron chi connectivity index (χ0n) is 11.2. The Morgan fingerprint density at radius 1 is 1.05 bits per heavy atom. The SMILES string of the molecule is CC(Cc1ccc(O)cc1)NCCc1ccncc1. The summed E-state index contributed by atoms with van der Waals surface area (Å²) in [5.41, 5.74) is 2.54. The van der Waals surface area contributed by atoms with Crippen molar-refractivity contribution in [1.82, 2.24) is 10.3 Å². The molecule has 1 heterocycles. The molecule has 1 unspecified atom stereocenters. The van der Waals surface area contributed by atoms with E-state index in [0.717, 1.165) is 19.4 Å². The van der Waals surface area contributed by atoms with Crippen LogP contribution in [0, 0.1) is 0 Å². The lowest BCUT2D eigenvalue weighted by atomic mass is 10.1. The molecule has 1 aromatic heterocycles. The van der Waals surface area contributed by atoms with Gasteiger partial charge in [0.15, 0.2) is 0 Å². The minimum absolute atomic E-state index is 0.321. The topological polar surface area (TPSA) is 45.1 Å². The number of rotatable bonds is 6. The molecule has 2 N–H and O–H groups in total. The first-order valence-electron chi connectivity index (χ1n) is 6.64. The average Bonchev–Trinajstić information content (AvgIpc) is 2.43. The van der Waals surface area contributed by atoms with Crippen LogP contribution >= 0.6 is 0 Å². The summed E-state index contributed by atoms with van der Waals surface area (Å²) in [6.07, 6.45) is 5.64. The van der Waals surface area contributed by atoms with Crippen LogP contribution in [0.3, 0.4) is 0 Å². The van der Waals surface area contributed by atoms with Crippen LogP contribution in [0.2, 0.25) is 0 Å². The third-order valence-corrected chi connectivity index (χ3v) is 3.13. The molecule has 0 aliphatic carbocycles. The molecule has 0 radical (unpaired) electrons. The van der Waals surface area contributed by atoms with Gasteiger partial charge in [0.25, 0.3) is 0 Å². The Kier molecular flexibility index (Phi) is 4.93. The minimum Gasteiger partial charge on any atom is -0.508 e. The van der Waals surface area contributed by atoms with Crippen LogP contribution in [0.4, 0.5) is 0 Å². The van der Waals surface area contributed by atoms with E-state index in [0.29, 0.717) is 11.8 Å². The van der Waals surface area contributed by atoms with E-state index in [1.807, 2.05) is 36.7 Å². The van der Waals surface area contributed by atoms with Gasteiger partial charge in [0.1, 0.15) is 5.75 Å². The smallest absolute Gasteiger partial charge is 0.115 e. The number of aromatic hydroxyl groups is 1. The van der Waals surface area contributed by atoms with Crippen molar-refractivity contribution in [2.75, 3.05) is 6.54 Å². The summed E-state index contributed by atoms with van der Waals surface area (Å²) in [6, 6.07) is 11.9. The maximum absolute atomic E-state index is 9.24. The predicted molar refractivity (Wildman–Crippen MR) is 77.2 cm³/mol. The van der Waals surface area contributed by atoms with E-state index in [4.69, 9.17) is 0 Å². The van der Waals surface area contributed by atoms with Gasteiger partial charge in [0, 0.05) is 18.4 Å². The highest BCUT2D eigenvalue weighted by atomic mass is 16.3. The normalized spacial score (nSPS) is 12.3. The molecule has 0 saturated carbocycles. The van der Waals surface area contributed by atoms with Crippen molar-refractivity contribution in [2.45, 2.75) is 25.8 Å². The van der Waals surface area contributed by atoms with Crippen LogP contribution in [0.1, 0.15) is 18.1 Å². The summed E-state index contributed by atoms with van der Waals surface area (Å²) in [5.74, 6) is 0.321. The number of aromatic nitrogens is 1. The number of nitrogens with one attached hydrogen (secondary N) is 1. The first kappa shape index (κ1) is 13.6. The van der Waals surface area contributed by atoms with E-state index >= 15 is 0 Å². The largest absolute Gasteiger partial charge is 0.508 e. The average molecular weight is 256 g/mol. The predicted octanol–water partition coefficient (Wildman–Crippen LogP) is 2.55. The van der Waals surface area contributed by atoms with Crippen molar-refractivity contribution < 1.29 is 5.11 Å². The van der Waals surface area contributed by atoms with Gasteiger partial charge < -0.3 is 10.4 Å². The Labute approximate surface area is 114 Å². The molecular weight excluding hydrogens is 236 g/mol. The molecule has 0 saturated heterocycles. The first-order valence-corrected chi connectivity index (χ1v) is 6.64. The number of nitrogens with zero attached hydrogens (tertiary/aromatic N) is 1. The standard InChI is InChI=1S/C16H20N2O/c1-13(12-15-2-4-16(19)5-3-15)18-11-8-14-6-9-17-10-7-14/h2-7,9-10,13,18-19H,8,11-12H2,1H3. The minimum atomic E-state index is 0.321. The Morgan fingerprint density at radius 2 is 1.74 bits per heavy atom. The van der Waals surface area contributed by atoms with Crippen LogP contribution in [0.25, 0.3) is 0 Å². The molecule has 1 aromatic carbocycles. The van der Waals surface area contributed by atoms with Gasteiger partial charge in [-0.3, -0.25) is 4.98 Å². The third-order valence-electron chi connectivity index (χ3n) is 3.13. The summed E-state index contributed by atoms with van der Waals surface area (Å²) < 4.78 is 0. The molecule has 2 rings (SSSR count). The van der Waals surface area contributed by atoms with Crippen molar-refractivity contribution in [1.29, 1.82) is 0 Å². The highest BCUT2D eigenvalue weighted by Gasteiger charge is 2.03. The van der Waals surface area contributed by atoms with Crippen molar-refractivity contribution in [3.8, 4) is 5.75 Å². The molecule has 0 bridgehead atoms. The molecule has 19 heavy (non-hydrogen) atoms. The van der Waals surface area contributed by atoms with Gasteiger partial charge in [-0.15, -0.1) is 0 Å².